The highest BCUT2D eigenvalue weighted by Gasteiger charge is 2.20. The Morgan fingerprint density at radius 2 is 1.07 bits per heavy atom. The summed E-state index contributed by atoms with van der Waals surface area (Å²) in [6, 6.07) is 71.5. The lowest BCUT2D eigenvalue weighted by molar-refractivity contribution is 0.670. The van der Waals surface area contributed by atoms with Gasteiger partial charge in [-0.25, -0.2) is 0 Å². The van der Waals surface area contributed by atoms with E-state index in [0.717, 1.165) is 95.0 Å². The average Bonchev–Trinajstić information content (AvgIpc) is 3.91. The second kappa shape index (κ2) is 14.4. The predicted octanol–water partition coefficient (Wildman–Crippen LogP) is 16.6. The Morgan fingerprint density at radius 1 is 0.426 bits per heavy atom. The lowest BCUT2D eigenvalue weighted by Gasteiger charge is -2.28. The normalized spacial score (nSPS) is 14.0. The SMILES string of the molecule is C1=CC(c2ccccc2)CC=C1c1ccc(N(c2ccc(-c3cccc4c3oc3ccccc34)cc2)c2ccccc2-c2ccc3oc4c5ccccc5ccc4c3c2)cc1. The first kappa shape index (κ1) is 35.1. The minimum Gasteiger partial charge on any atom is -0.455 e. The third kappa shape index (κ3) is 6.05. The minimum absolute atomic E-state index is 0.400. The molecule has 61 heavy (non-hydrogen) atoms. The van der Waals surface area contributed by atoms with Crippen molar-refractivity contribution in [1.82, 2.24) is 0 Å². The van der Waals surface area contributed by atoms with Crippen molar-refractivity contribution >= 4 is 77.3 Å². The predicted molar refractivity (Wildman–Crippen MR) is 255 cm³/mol. The summed E-state index contributed by atoms with van der Waals surface area (Å²) < 4.78 is 13.0. The molecular weight excluding hydrogens is 743 g/mol. The molecule has 0 spiro atoms. The Labute approximate surface area is 353 Å². The molecule has 9 aromatic carbocycles. The zero-order valence-electron chi connectivity index (χ0n) is 33.3. The van der Waals surface area contributed by atoms with E-state index in [1.54, 1.807) is 0 Å². The molecule has 3 heteroatoms. The fourth-order valence-corrected chi connectivity index (χ4v) is 9.36. The summed E-state index contributed by atoms with van der Waals surface area (Å²) in [4.78, 5) is 2.38. The van der Waals surface area contributed by atoms with E-state index < -0.39 is 0 Å². The molecule has 288 valence electrons. The number of fused-ring (bicyclic) bond motifs is 8. The Hall–Kier alpha value is -7.88. The summed E-state index contributed by atoms with van der Waals surface area (Å²) in [5.74, 6) is 0.400. The Balaban J connectivity index is 0.960. The highest BCUT2D eigenvalue weighted by molar-refractivity contribution is 6.16. The van der Waals surface area contributed by atoms with Crippen LogP contribution in [0, 0.1) is 0 Å². The van der Waals surface area contributed by atoms with Gasteiger partial charge in [-0.05, 0) is 94.2 Å². The van der Waals surface area contributed by atoms with Gasteiger partial charge in [-0.15, -0.1) is 0 Å². The average molecular weight is 782 g/mol. The van der Waals surface area contributed by atoms with Crippen LogP contribution in [-0.2, 0) is 0 Å². The van der Waals surface area contributed by atoms with Crippen molar-refractivity contribution in [2.75, 3.05) is 4.90 Å². The Bertz CT molecular complexity index is 3500. The number of anilines is 3. The van der Waals surface area contributed by atoms with Crippen molar-refractivity contribution in [2.45, 2.75) is 12.3 Å². The summed E-state index contributed by atoms with van der Waals surface area (Å²) in [5.41, 5.74) is 15.1. The molecule has 0 bridgehead atoms. The molecule has 0 amide bonds. The van der Waals surface area contributed by atoms with E-state index in [1.807, 2.05) is 12.1 Å². The summed E-state index contributed by atoms with van der Waals surface area (Å²) in [6.45, 7) is 0. The number of allylic oxidation sites excluding steroid dienone is 4. The molecular formula is C58H39NO2. The first-order valence-corrected chi connectivity index (χ1v) is 21.0. The topological polar surface area (TPSA) is 29.5 Å². The molecule has 1 aliphatic carbocycles. The standard InChI is InChI=1S/C58H39NO2/c1-2-11-38(12-3-1)39-21-23-40(24-22-39)41-25-31-45(32-26-41)59(46-33-27-43(28-34-46)49-17-10-18-51-50-16-7-9-20-55(50)60-57(49)51)54-19-8-6-14-47(54)44-30-36-56-53(37-44)52-35-29-42-13-4-5-15-48(42)58(52)61-56/h1-21,23-37,39H,22H2. The number of furan rings is 2. The largest absolute Gasteiger partial charge is 0.455 e. The van der Waals surface area contributed by atoms with Crippen LogP contribution in [0.15, 0.2) is 227 Å². The number of hydrogen-bond donors (Lipinski definition) is 0. The number of rotatable bonds is 7. The minimum atomic E-state index is 0.400. The smallest absolute Gasteiger partial charge is 0.143 e. The van der Waals surface area contributed by atoms with Gasteiger partial charge in [0, 0.05) is 55.4 Å². The van der Waals surface area contributed by atoms with Crippen molar-refractivity contribution in [1.29, 1.82) is 0 Å². The third-order valence-electron chi connectivity index (χ3n) is 12.4. The van der Waals surface area contributed by atoms with Crippen LogP contribution in [0.2, 0.25) is 0 Å². The van der Waals surface area contributed by atoms with E-state index in [9.17, 15) is 0 Å². The van der Waals surface area contributed by atoms with Gasteiger partial charge in [0.25, 0.3) is 0 Å². The van der Waals surface area contributed by atoms with Crippen molar-refractivity contribution in [3.8, 4) is 22.3 Å². The summed E-state index contributed by atoms with van der Waals surface area (Å²) in [6.07, 6.45) is 7.98. The summed E-state index contributed by atoms with van der Waals surface area (Å²) in [7, 11) is 0. The molecule has 0 fully saturated rings. The van der Waals surface area contributed by atoms with Gasteiger partial charge in [-0.1, -0.05) is 164 Å². The molecule has 0 N–H and O–H groups in total. The van der Waals surface area contributed by atoms with Crippen LogP contribution in [0.4, 0.5) is 17.1 Å². The molecule has 0 aliphatic heterocycles. The highest BCUT2D eigenvalue weighted by Crippen LogP contribution is 2.44. The van der Waals surface area contributed by atoms with Crippen LogP contribution in [-0.4, -0.2) is 0 Å². The monoisotopic (exact) mass is 781 g/mol. The molecule has 2 aromatic heterocycles. The van der Waals surface area contributed by atoms with Gasteiger partial charge < -0.3 is 13.7 Å². The first-order valence-electron chi connectivity index (χ1n) is 21.0. The van der Waals surface area contributed by atoms with Crippen molar-refractivity contribution < 1.29 is 8.83 Å². The second-order valence-electron chi connectivity index (χ2n) is 16.0. The number of benzene rings is 9. The molecule has 11 aromatic rings. The van der Waals surface area contributed by atoms with E-state index in [2.05, 4.69) is 211 Å². The molecule has 2 heterocycles. The summed E-state index contributed by atoms with van der Waals surface area (Å²) in [5, 5.41) is 6.79. The van der Waals surface area contributed by atoms with E-state index in [0.29, 0.717) is 5.92 Å². The lowest BCUT2D eigenvalue weighted by Crippen LogP contribution is -2.11. The molecule has 12 rings (SSSR count). The van der Waals surface area contributed by atoms with Gasteiger partial charge in [0.15, 0.2) is 0 Å². The molecule has 1 atom stereocenters. The fourth-order valence-electron chi connectivity index (χ4n) is 9.36. The van der Waals surface area contributed by atoms with E-state index in [1.165, 1.54) is 22.1 Å². The van der Waals surface area contributed by atoms with Crippen LogP contribution < -0.4 is 4.90 Å². The molecule has 3 nitrogen and oxygen atoms in total. The maximum Gasteiger partial charge on any atom is 0.143 e. The lowest BCUT2D eigenvalue weighted by atomic mass is 9.88. The van der Waals surface area contributed by atoms with Gasteiger partial charge in [0.1, 0.15) is 22.3 Å². The number of nitrogens with zero attached hydrogens (tertiary/aromatic N) is 1. The van der Waals surface area contributed by atoms with Gasteiger partial charge in [0.05, 0.1) is 5.69 Å². The number of para-hydroxylation sites is 3. The third-order valence-corrected chi connectivity index (χ3v) is 12.4. The maximum absolute atomic E-state index is 6.53. The second-order valence-corrected chi connectivity index (χ2v) is 16.0. The molecule has 0 saturated carbocycles. The summed E-state index contributed by atoms with van der Waals surface area (Å²) >= 11 is 0. The van der Waals surface area contributed by atoms with Crippen molar-refractivity contribution in [2.24, 2.45) is 0 Å². The van der Waals surface area contributed by atoms with Gasteiger partial charge in [0.2, 0.25) is 0 Å². The van der Waals surface area contributed by atoms with Crippen molar-refractivity contribution in [3.63, 3.8) is 0 Å². The van der Waals surface area contributed by atoms with E-state index >= 15 is 0 Å². The molecule has 0 saturated heterocycles. The van der Waals surface area contributed by atoms with Gasteiger partial charge in [-0.3, -0.25) is 0 Å². The van der Waals surface area contributed by atoms with E-state index in [-0.39, 0.29) is 0 Å². The quantitative estimate of drug-likeness (QED) is 0.161. The molecule has 1 aliphatic rings. The van der Waals surface area contributed by atoms with Crippen LogP contribution in [0.3, 0.4) is 0 Å². The molecule has 1 unspecified atom stereocenters. The van der Waals surface area contributed by atoms with Crippen molar-refractivity contribution in [3.05, 3.63) is 230 Å². The zero-order chi connectivity index (χ0) is 40.3. The zero-order valence-corrected chi connectivity index (χ0v) is 33.3. The van der Waals surface area contributed by atoms with Crippen LogP contribution in [0.25, 0.3) is 82.5 Å². The number of hydrogen-bond acceptors (Lipinski definition) is 3. The van der Waals surface area contributed by atoms with Gasteiger partial charge >= 0.3 is 0 Å². The maximum atomic E-state index is 6.53. The van der Waals surface area contributed by atoms with Crippen LogP contribution in [0.1, 0.15) is 23.5 Å². The van der Waals surface area contributed by atoms with Crippen LogP contribution in [0.5, 0.6) is 0 Å². The molecule has 0 radical (unpaired) electrons. The fraction of sp³-hybridized carbons (Fsp3) is 0.0345. The Kier molecular flexibility index (Phi) is 8.31. The highest BCUT2D eigenvalue weighted by atomic mass is 16.3. The van der Waals surface area contributed by atoms with Gasteiger partial charge in [-0.2, -0.15) is 0 Å². The first-order chi connectivity index (χ1) is 30.2. The Morgan fingerprint density at radius 3 is 1.89 bits per heavy atom. The van der Waals surface area contributed by atoms with Crippen LogP contribution >= 0.6 is 0 Å². The van der Waals surface area contributed by atoms with E-state index in [4.69, 9.17) is 8.83 Å².